The molecule has 8 heteroatoms. The lowest BCUT2D eigenvalue weighted by Crippen LogP contribution is -2.38. The Balaban J connectivity index is 0.00000120. The lowest BCUT2D eigenvalue weighted by molar-refractivity contribution is -0.143. The number of fused-ring (bicyclic) bond motifs is 1. The SMILES string of the molecule is C#C.CCC.CCOC(=O)CNC(=O)C1=C(O)c2cccc(-c3ccc(Cl)cc3)c2CN1N=C(C)C. The molecule has 0 spiro atoms. The number of carbonyl (C=O) groups is 2. The van der Waals surface area contributed by atoms with E-state index in [9.17, 15) is 14.7 Å². The molecule has 2 aromatic carbocycles. The highest BCUT2D eigenvalue weighted by molar-refractivity contribution is 6.30. The Kier molecular flexibility index (Phi) is 12.8. The predicted molar refractivity (Wildman–Crippen MR) is 146 cm³/mol. The number of hydrogen-bond acceptors (Lipinski definition) is 6. The summed E-state index contributed by atoms with van der Waals surface area (Å²) in [5.41, 5.74) is 3.88. The molecule has 2 aromatic rings. The van der Waals surface area contributed by atoms with Gasteiger partial charge in [0.2, 0.25) is 0 Å². The fourth-order valence-electron chi connectivity index (χ4n) is 3.36. The number of amides is 1. The van der Waals surface area contributed by atoms with Crippen molar-refractivity contribution in [3.05, 3.63) is 64.3 Å². The summed E-state index contributed by atoms with van der Waals surface area (Å²) < 4.78 is 4.84. The summed E-state index contributed by atoms with van der Waals surface area (Å²) in [5.74, 6) is -1.37. The number of nitrogens with zero attached hydrogens (tertiary/aromatic N) is 2. The first-order valence-corrected chi connectivity index (χ1v) is 12.0. The Morgan fingerprint density at radius 2 is 1.67 bits per heavy atom. The van der Waals surface area contributed by atoms with Crippen LogP contribution in [0.1, 0.15) is 52.2 Å². The second kappa shape index (κ2) is 15.3. The molecule has 1 heterocycles. The Morgan fingerprint density at radius 1 is 1.08 bits per heavy atom. The van der Waals surface area contributed by atoms with Crippen LogP contribution in [0.25, 0.3) is 16.9 Å². The van der Waals surface area contributed by atoms with Gasteiger partial charge < -0.3 is 15.2 Å². The highest BCUT2D eigenvalue weighted by atomic mass is 35.5. The summed E-state index contributed by atoms with van der Waals surface area (Å²) in [5, 5.41) is 20.0. The molecule has 2 N–H and O–H groups in total. The number of ether oxygens (including phenoxy) is 1. The lowest BCUT2D eigenvalue weighted by atomic mass is 9.91. The first-order chi connectivity index (χ1) is 17.2. The molecule has 36 heavy (non-hydrogen) atoms. The van der Waals surface area contributed by atoms with Gasteiger partial charge in [-0.25, -0.2) is 0 Å². The molecule has 0 bridgehead atoms. The molecule has 0 aromatic heterocycles. The summed E-state index contributed by atoms with van der Waals surface area (Å²) in [6.07, 6.45) is 9.25. The number of hydrazone groups is 1. The van der Waals surface area contributed by atoms with Crippen LogP contribution in [0.4, 0.5) is 0 Å². The number of nitrogens with one attached hydrogen (secondary N) is 1. The molecule has 0 aliphatic carbocycles. The Bertz CT molecular complexity index is 1120. The molecular weight excluding hydrogens is 478 g/mol. The molecule has 0 atom stereocenters. The minimum atomic E-state index is -0.613. The van der Waals surface area contributed by atoms with Gasteiger partial charge in [0, 0.05) is 16.3 Å². The van der Waals surface area contributed by atoms with Crippen molar-refractivity contribution in [2.24, 2.45) is 5.10 Å². The van der Waals surface area contributed by atoms with E-state index in [2.05, 4.69) is 37.1 Å². The maximum absolute atomic E-state index is 12.8. The molecule has 0 radical (unpaired) electrons. The number of esters is 1. The van der Waals surface area contributed by atoms with Gasteiger partial charge in [-0.05, 0) is 49.6 Å². The average Bonchev–Trinajstić information content (AvgIpc) is 2.85. The van der Waals surface area contributed by atoms with Crippen molar-refractivity contribution in [3.8, 4) is 24.0 Å². The van der Waals surface area contributed by atoms with Crippen LogP contribution in [0, 0.1) is 12.8 Å². The molecule has 0 fully saturated rings. The third-order valence-electron chi connectivity index (χ3n) is 4.61. The van der Waals surface area contributed by atoms with Crippen molar-refractivity contribution in [2.75, 3.05) is 13.2 Å². The van der Waals surface area contributed by atoms with Gasteiger partial charge >= 0.3 is 5.97 Å². The second-order valence-corrected chi connectivity index (χ2v) is 8.27. The third-order valence-corrected chi connectivity index (χ3v) is 4.86. The van der Waals surface area contributed by atoms with E-state index < -0.39 is 11.9 Å². The van der Waals surface area contributed by atoms with Gasteiger partial charge in [0.1, 0.15) is 6.54 Å². The van der Waals surface area contributed by atoms with Gasteiger partial charge in [0.05, 0.1) is 13.2 Å². The maximum Gasteiger partial charge on any atom is 0.325 e. The number of rotatable bonds is 6. The van der Waals surface area contributed by atoms with Crippen molar-refractivity contribution < 1.29 is 19.4 Å². The first kappa shape index (κ1) is 30.3. The van der Waals surface area contributed by atoms with Crippen LogP contribution < -0.4 is 5.32 Å². The molecule has 7 nitrogen and oxygen atoms in total. The number of terminal acetylenes is 1. The number of aliphatic hydroxyl groups is 1. The Labute approximate surface area is 218 Å². The zero-order valence-corrected chi connectivity index (χ0v) is 22.2. The fraction of sp³-hybridized carbons (Fsp3) is 0.321. The summed E-state index contributed by atoms with van der Waals surface area (Å²) in [6, 6.07) is 12.9. The monoisotopic (exact) mass is 511 g/mol. The van der Waals surface area contributed by atoms with E-state index in [1.165, 1.54) is 11.4 Å². The lowest BCUT2D eigenvalue weighted by Gasteiger charge is -2.30. The van der Waals surface area contributed by atoms with Gasteiger partial charge in [0.25, 0.3) is 5.91 Å². The van der Waals surface area contributed by atoms with E-state index >= 15 is 0 Å². The number of aliphatic hydroxyl groups excluding tert-OH is 1. The third kappa shape index (κ3) is 8.17. The van der Waals surface area contributed by atoms with Gasteiger partial charge in [-0.1, -0.05) is 62.2 Å². The first-order valence-electron chi connectivity index (χ1n) is 11.6. The maximum atomic E-state index is 12.8. The Hall–Kier alpha value is -3.76. The van der Waals surface area contributed by atoms with E-state index in [0.717, 1.165) is 16.7 Å². The largest absolute Gasteiger partial charge is 0.505 e. The standard InChI is InChI=1S/C23H24ClN3O4.C3H8.C2H2/c1-4-31-20(28)12-25-23(30)21-22(29)18-7-5-6-17(15-8-10-16(24)11-9-15)19(18)13-27(21)26-14(2)3;1-3-2;1-2/h5-11,29H,4,12-13H2,1-3H3,(H,25,30);3H2,1-2H3;1-2H. The number of hydrogen-bond donors (Lipinski definition) is 2. The van der Waals surface area contributed by atoms with Crippen LogP contribution >= 0.6 is 11.6 Å². The predicted octanol–water partition coefficient (Wildman–Crippen LogP) is 5.79. The van der Waals surface area contributed by atoms with Crippen LogP contribution in [0.5, 0.6) is 0 Å². The molecule has 1 aliphatic rings. The summed E-state index contributed by atoms with van der Waals surface area (Å²) in [4.78, 5) is 24.5. The zero-order chi connectivity index (χ0) is 27.3. The van der Waals surface area contributed by atoms with Gasteiger partial charge in [-0.3, -0.25) is 14.6 Å². The normalized spacial score (nSPS) is 11.6. The van der Waals surface area contributed by atoms with Crippen molar-refractivity contribution >= 4 is 34.9 Å². The van der Waals surface area contributed by atoms with Crippen molar-refractivity contribution in [2.45, 2.75) is 47.6 Å². The van der Waals surface area contributed by atoms with E-state index in [1.54, 1.807) is 39.0 Å². The van der Waals surface area contributed by atoms with Crippen molar-refractivity contribution in [1.82, 2.24) is 10.3 Å². The molecule has 3 rings (SSSR count). The van der Waals surface area contributed by atoms with Gasteiger partial charge in [-0.2, -0.15) is 5.10 Å². The molecule has 1 aliphatic heterocycles. The van der Waals surface area contributed by atoms with Crippen LogP contribution in [-0.4, -0.2) is 40.9 Å². The molecule has 0 saturated carbocycles. The van der Waals surface area contributed by atoms with E-state index in [1.807, 2.05) is 24.3 Å². The topological polar surface area (TPSA) is 91.2 Å². The summed E-state index contributed by atoms with van der Waals surface area (Å²) >= 11 is 6.02. The van der Waals surface area contributed by atoms with Crippen molar-refractivity contribution in [1.29, 1.82) is 0 Å². The van der Waals surface area contributed by atoms with Crippen LogP contribution in [0.2, 0.25) is 5.02 Å². The number of benzene rings is 2. The van der Waals surface area contributed by atoms with E-state index in [-0.39, 0.29) is 31.2 Å². The van der Waals surface area contributed by atoms with Gasteiger partial charge in [-0.15, -0.1) is 12.8 Å². The highest BCUT2D eigenvalue weighted by Crippen LogP contribution is 2.37. The van der Waals surface area contributed by atoms with Crippen molar-refractivity contribution in [3.63, 3.8) is 0 Å². The number of halogens is 1. The minimum Gasteiger partial charge on any atom is -0.505 e. The quantitative estimate of drug-likeness (QED) is 0.291. The van der Waals surface area contributed by atoms with Crippen LogP contribution in [-0.2, 0) is 20.9 Å². The molecule has 0 saturated heterocycles. The van der Waals surface area contributed by atoms with E-state index in [4.69, 9.17) is 16.3 Å². The zero-order valence-electron chi connectivity index (χ0n) is 21.5. The van der Waals surface area contributed by atoms with Crippen LogP contribution in [0.15, 0.2) is 53.3 Å². The summed E-state index contributed by atoms with van der Waals surface area (Å²) in [6.45, 7) is 9.72. The van der Waals surface area contributed by atoms with Crippen LogP contribution in [0.3, 0.4) is 0 Å². The highest BCUT2D eigenvalue weighted by Gasteiger charge is 2.31. The smallest absolute Gasteiger partial charge is 0.325 e. The summed E-state index contributed by atoms with van der Waals surface area (Å²) in [7, 11) is 0. The fourth-order valence-corrected chi connectivity index (χ4v) is 3.48. The molecule has 192 valence electrons. The molecule has 1 amide bonds. The Morgan fingerprint density at radius 3 is 2.22 bits per heavy atom. The average molecular weight is 512 g/mol. The second-order valence-electron chi connectivity index (χ2n) is 7.84. The number of carbonyl (C=O) groups excluding carboxylic acids is 2. The van der Waals surface area contributed by atoms with E-state index in [0.29, 0.717) is 16.3 Å². The molecule has 0 unspecified atom stereocenters. The minimum absolute atomic E-state index is 0.0220. The van der Waals surface area contributed by atoms with Gasteiger partial charge in [0.15, 0.2) is 11.5 Å². The molecular formula is C28H34ClN3O4.